The largest absolute Gasteiger partial charge is 0.386 e. The van der Waals surface area contributed by atoms with Crippen LogP contribution < -0.4 is 5.73 Å². The smallest absolute Gasteiger partial charge is 0.123 e. The lowest BCUT2D eigenvalue weighted by molar-refractivity contribution is 0.170. The molecule has 0 aliphatic rings. The van der Waals surface area contributed by atoms with Gasteiger partial charge < -0.3 is 10.8 Å². The number of hydrogen-bond donors (Lipinski definition) is 2. The van der Waals surface area contributed by atoms with Crippen LogP contribution in [0.4, 0.5) is 0 Å². The van der Waals surface area contributed by atoms with Crippen LogP contribution in [-0.2, 0) is 0 Å². The van der Waals surface area contributed by atoms with Gasteiger partial charge in [-0.25, -0.2) is 4.98 Å². The Bertz CT molecular complexity index is 244. The lowest BCUT2D eigenvalue weighted by Crippen LogP contribution is -2.06. The predicted molar refractivity (Wildman–Crippen MR) is 53.2 cm³/mol. The predicted octanol–water partition coefficient (Wildman–Crippen LogP) is 1.60. The Balaban J connectivity index is 2.74. The first-order valence-corrected chi connectivity index (χ1v) is 5.27. The number of rotatable bonds is 3. The van der Waals surface area contributed by atoms with Crippen LogP contribution in [0.5, 0.6) is 0 Å². The van der Waals surface area contributed by atoms with E-state index in [1.54, 1.807) is 0 Å². The summed E-state index contributed by atoms with van der Waals surface area (Å²) in [6, 6.07) is 0. The van der Waals surface area contributed by atoms with Crippen molar-refractivity contribution in [3.05, 3.63) is 14.5 Å². The zero-order valence-electron chi connectivity index (χ0n) is 6.75. The molecule has 0 aromatic carbocycles. The first-order chi connectivity index (χ1) is 5.65. The highest BCUT2D eigenvalue weighted by Gasteiger charge is 2.12. The molecule has 0 bridgehead atoms. The van der Waals surface area contributed by atoms with Crippen LogP contribution in [0.25, 0.3) is 0 Å². The molecule has 1 rings (SSSR count). The van der Waals surface area contributed by atoms with Gasteiger partial charge in [0, 0.05) is 0 Å². The number of aliphatic hydroxyl groups excluding tert-OH is 1. The van der Waals surface area contributed by atoms with Crippen LogP contribution in [0.2, 0.25) is 0 Å². The molecule has 0 spiro atoms. The molecule has 1 atom stereocenters. The Morgan fingerprint density at radius 1 is 1.75 bits per heavy atom. The van der Waals surface area contributed by atoms with Gasteiger partial charge in [0.25, 0.3) is 0 Å². The summed E-state index contributed by atoms with van der Waals surface area (Å²) in [5.74, 6) is 0. The summed E-state index contributed by atoms with van der Waals surface area (Å²) in [4.78, 5) is 4.19. The van der Waals surface area contributed by atoms with Crippen molar-refractivity contribution >= 4 is 27.3 Å². The number of aryl methyl sites for hydroxylation is 1. The van der Waals surface area contributed by atoms with Crippen molar-refractivity contribution in [3.63, 3.8) is 0 Å². The van der Waals surface area contributed by atoms with Crippen molar-refractivity contribution in [2.45, 2.75) is 19.4 Å². The Kier molecular flexibility index (Phi) is 3.64. The molecule has 0 aliphatic carbocycles. The van der Waals surface area contributed by atoms with Gasteiger partial charge in [-0.15, -0.1) is 11.3 Å². The third-order valence-electron chi connectivity index (χ3n) is 1.48. The maximum absolute atomic E-state index is 9.51. The van der Waals surface area contributed by atoms with Gasteiger partial charge in [-0.3, -0.25) is 0 Å². The normalized spacial score (nSPS) is 13.3. The fourth-order valence-corrected chi connectivity index (χ4v) is 2.22. The average molecular weight is 251 g/mol. The molecular weight excluding hydrogens is 240 g/mol. The summed E-state index contributed by atoms with van der Waals surface area (Å²) in [7, 11) is 0. The van der Waals surface area contributed by atoms with E-state index >= 15 is 0 Å². The van der Waals surface area contributed by atoms with Crippen LogP contribution in [0.3, 0.4) is 0 Å². The van der Waals surface area contributed by atoms with E-state index in [0.717, 1.165) is 14.5 Å². The molecule has 1 aromatic heterocycles. The van der Waals surface area contributed by atoms with Gasteiger partial charge >= 0.3 is 0 Å². The molecule has 0 amide bonds. The van der Waals surface area contributed by atoms with E-state index in [0.29, 0.717) is 13.0 Å². The van der Waals surface area contributed by atoms with Crippen molar-refractivity contribution < 1.29 is 5.11 Å². The molecule has 12 heavy (non-hydrogen) atoms. The molecule has 0 radical (unpaired) electrons. The third kappa shape index (κ3) is 2.26. The van der Waals surface area contributed by atoms with Crippen LogP contribution >= 0.6 is 27.3 Å². The van der Waals surface area contributed by atoms with Gasteiger partial charge in [-0.1, -0.05) is 0 Å². The Morgan fingerprint density at radius 2 is 2.42 bits per heavy atom. The third-order valence-corrected chi connectivity index (χ3v) is 3.59. The van der Waals surface area contributed by atoms with Crippen molar-refractivity contribution in [3.8, 4) is 0 Å². The summed E-state index contributed by atoms with van der Waals surface area (Å²) in [5.41, 5.74) is 6.24. The molecule has 1 unspecified atom stereocenters. The number of nitrogens with zero attached hydrogens (tertiary/aromatic N) is 1. The molecule has 0 saturated carbocycles. The lowest BCUT2D eigenvalue weighted by atomic mass is 10.3. The summed E-state index contributed by atoms with van der Waals surface area (Å²) in [6.45, 7) is 2.39. The van der Waals surface area contributed by atoms with E-state index in [1.165, 1.54) is 11.3 Å². The van der Waals surface area contributed by atoms with Crippen molar-refractivity contribution in [2.24, 2.45) is 5.73 Å². The average Bonchev–Trinajstić information content (AvgIpc) is 2.33. The number of aromatic nitrogens is 1. The second-order valence-corrected chi connectivity index (χ2v) is 4.85. The van der Waals surface area contributed by atoms with Crippen LogP contribution in [0.15, 0.2) is 3.79 Å². The SMILES string of the molecule is Cc1nc(C(O)CCN)sc1Br. The first-order valence-electron chi connectivity index (χ1n) is 3.66. The topological polar surface area (TPSA) is 59.1 Å². The molecule has 1 heterocycles. The van der Waals surface area contributed by atoms with Gasteiger partial charge in [-0.2, -0.15) is 0 Å². The highest BCUT2D eigenvalue weighted by Crippen LogP contribution is 2.29. The summed E-state index contributed by atoms with van der Waals surface area (Å²) < 4.78 is 0.980. The number of hydrogen-bond acceptors (Lipinski definition) is 4. The Labute approximate surface area is 83.8 Å². The van der Waals surface area contributed by atoms with E-state index in [-0.39, 0.29) is 0 Å². The maximum atomic E-state index is 9.51. The van der Waals surface area contributed by atoms with E-state index in [4.69, 9.17) is 5.73 Å². The van der Waals surface area contributed by atoms with Gasteiger partial charge in [-0.05, 0) is 35.8 Å². The maximum Gasteiger partial charge on any atom is 0.123 e. The van der Waals surface area contributed by atoms with E-state index in [2.05, 4.69) is 20.9 Å². The van der Waals surface area contributed by atoms with Crippen molar-refractivity contribution in [1.29, 1.82) is 0 Å². The molecular formula is C7H11BrN2OS. The molecule has 0 saturated heterocycles. The quantitative estimate of drug-likeness (QED) is 0.857. The molecule has 1 aromatic rings. The van der Waals surface area contributed by atoms with E-state index in [9.17, 15) is 5.11 Å². The Hall–Kier alpha value is 0.0300. The van der Waals surface area contributed by atoms with Crippen LogP contribution in [0, 0.1) is 6.92 Å². The molecule has 68 valence electrons. The fourth-order valence-electron chi connectivity index (χ4n) is 0.822. The number of thiazole rings is 1. The highest BCUT2D eigenvalue weighted by atomic mass is 79.9. The van der Waals surface area contributed by atoms with Gasteiger partial charge in [0.15, 0.2) is 0 Å². The van der Waals surface area contributed by atoms with E-state index < -0.39 is 6.10 Å². The Morgan fingerprint density at radius 3 is 2.83 bits per heavy atom. The minimum absolute atomic E-state index is 0.484. The summed E-state index contributed by atoms with van der Waals surface area (Å²) in [6.07, 6.45) is 0.0596. The molecule has 0 aliphatic heterocycles. The molecule has 3 nitrogen and oxygen atoms in total. The van der Waals surface area contributed by atoms with Gasteiger partial charge in [0.1, 0.15) is 11.1 Å². The minimum Gasteiger partial charge on any atom is -0.386 e. The standard InChI is InChI=1S/C7H11BrN2OS/c1-4-6(8)12-7(10-4)5(11)2-3-9/h5,11H,2-3,9H2,1H3. The van der Waals surface area contributed by atoms with Crippen LogP contribution in [-0.4, -0.2) is 16.6 Å². The molecule has 0 fully saturated rings. The monoisotopic (exact) mass is 250 g/mol. The number of nitrogens with two attached hydrogens (primary N) is 1. The highest BCUT2D eigenvalue weighted by molar-refractivity contribution is 9.11. The summed E-state index contributed by atoms with van der Waals surface area (Å²) in [5, 5.41) is 10.2. The molecule has 3 N–H and O–H groups in total. The number of aliphatic hydroxyl groups is 1. The van der Waals surface area contributed by atoms with E-state index in [1.807, 2.05) is 6.92 Å². The summed E-state index contributed by atoms with van der Waals surface area (Å²) >= 11 is 4.81. The second kappa shape index (κ2) is 4.32. The zero-order valence-corrected chi connectivity index (χ0v) is 9.15. The number of halogens is 1. The lowest BCUT2D eigenvalue weighted by Gasteiger charge is -2.03. The van der Waals surface area contributed by atoms with Gasteiger partial charge in [0.2, 0.25) is 0 Å². The van der Waals surface area contributed by atoms with Crippen LogP contribution in [0.1, 0.15) is 23.2 Å². The fraction of sp³-hybridized carbons (Fsp3) is 0.571. The van der Waals surface area contributed by atoms with Gasteiger partial charge in [0.05, 0.1) is 9.48 Å². The second-order valence-electron chi connectivity index (χ2n) is 2.50. The first kappa shape index (κ1) is 10.1. The zero-order chi connectivity index (χ0) is 9.14. The van der Waals surface area contributed by atoms with Crippen molar-refractivity contribution in [2.75, 3.05) is 6.54 Å². The van der Waals surface area contributed by atoms with Crippen molar-refractivity contribution in [1.82, 2.24) is 4.98 Å². The minimum atomic E-state index is -0.509. The molecule has 5 heteroatoms.